The molecule has 6 nitrogen and oxygen atoms in total. The summed E-state index contributed by atoms with van der Waals surface area (Å²) in [5, 5.41) is 14.3. The number of carboxylic acid groups (broad SMARTS) is 1. The van der Waals surface area contributed by atoms with E-state index in [4.69, 9.17) is 4.74 Å². The van der Waals surface area contributed by atoms with E-state index in [2.05, 4.69) is 5.32 Å². The molecule has 0 spiro atoms. The maximum absolute atomic E-state index is 12.5. The maximum atomic E-state index is 12.5. The molecule has 2 rings (SSSR count). The Morgan fingerprint density at radius 1 is 1.22 bits per heavy atom. The van der Waals surface area contributed by atoms with Crippen LogP contribution in [0.4, 0.5) is 5.00 Å². The normalized spacial score (nSPS) is 20.1. The fourth-order valence-electron chi connectivity index (χ4n) is 2.63. The largest absolute Gasteiger partial charge is 0.550 e. The number of carboxylic acids is 1. The third-order valence-corrected chi connectivity index (χ3v) is 5.21. The van der Waals surface area contributed by atoms with Crippen molar-refractivity contribution < 1.29 is 24.2 Å². The Labute approximate surface area is 138 Å². The number of aliphatic carboxylic acids is 1. The SMILES string of the molecule is COC(=O)c1c(NC(=O)[C@H]2CC=CC[C@@H]2C(=O)[O-])sc(C)c1C. The maximum Gasteiger partial charge on any atom is 0.341 e. The first kappa shape index (κ1) is 17.2. The second-order valence-corrected chi connectivity index (χ2v) is 6.67. The van der Waals surface area contributed by atoms with Crippen molar-refractivity contribution in [1.29, 1.82) is 0 Å². The number of aryl methyl sites for hydroxylation is 1. The van der Waals surface area contributed by atoms with Gasteiger partial charge in [0.2, 0.25) is 5.91 Å². The van der Waals surface area contributed by atoms with Gasteiger partial charge < -0.3 is 20.0 Å². The zero-order valence-electron chi connectivity index (χ0n) is 13.2. The van der Waals surface area contributed by atoms with Gasteiger partial charge in [-0.25, -0.2) is 4.79 Å². The molecule has 1 N–H and O–H groups in total. The number of anilines is 1. The minimum Gasteiger partial charge on any atom is -0.550 e. The lowest BCUT2D eigenvalue weighted by Gasteiger charge is -2.28. The van der Waals surface area contributed by atoms with Crippen LogP contribution in [-0.4, -0.2) is 25.0 Å². The van der Waals surface area contributed by atoms with Crippen molar-refractivity contribution in [1.82, 2.24) is 0 Å². The summed E-state index contributed by atoms with van der Waals surface area (Å²) in [5.41, 5.74) is 1.07. The van der Waals surface area contributed by atoms with Crippen LogP contribution >= 0.6 is 11.3 Å². The van der Waals surface area contributed by atoms with Gasteiger partial charge in [-0.2, -0.15) is 0 Å². The van der Waals surface area contributed by atoms with E-state index in [0.717, 1.165) is 10.4 Å². The molecule has 0 bridgehead atoms. The van der Waals surface area contributed by atoms with Crippen molar-refractivity contribution in [2.24, 2.45) is 11.8 Å². The summed E-state index contributed by atoms with van der Waals surface area (Å²) in [4.78, 5) is 36.5. The number of rotatable bonds is 4. The van der Waals surface area contributed by atoms with Gasteiger partial charge in [0.15, 0.2) is 0 Å². The Kier molecular flexibility index (Phi) is 5.20. The summed E-state index contributed by atoms with van der Waals surface area (Å²) in [7, 11) is 1.28. The van der Waals surface area contributed by atoms with E-state index in [1.165, 1.54) is 18.4 Å². The number of hydrogen-bond donors (Lipinski definition) is 1. The van der Waals surface area contributed by atoms with E-state index in [-0.39, 0.29) is 6.42 Å². The molecule has 0 radical (unpaired) electrons. The van der Waals surface area contributed by atoms with Gasteiger partial charge in [0.25, 0.3) is 0 Å². The topological polar surface area (TPSA) is 95.5 Å². The number of amides is 1. The summed E-state index contributed by atoms with van der Waals surface area (Å²) in [6, 6.07) is 0. The highest BCUT2D eigenvalue weighted by Gasteiger charge is 2.31. The van der Waals surface area contributed by atoms with Gasteiger partial charge in [0, 0.05) is 16.8 Å². The summed E-state index contributed by atoms with van der Waals surface area (Å²) in [6.45, 7) is 3.62. The molecule has 1 amide bonds. The first-order valence-electron chi connectivity index (χ1n) is 7.21. The highest BCUT2D eigenvalue weighted by atomic mass is 32.1. The fourth-order valence-corrected chi connectivity index (χ4v) is 3.68. The molecule has 2 atom stereocenters. The van der Waals surface area contributed by atoms with Crippen LogP contribution in [-0.2, 0) is 14.3 Å². The molecule has 0 fully saturated rings. The Balaban J connectivity index is 2.27. The summed E-state index contributed by atoms with van der Waals surface area (Å²) >= 11 is 1.27. The lowest BCUT2D eigenvalue weighted by Crippen LogP contribution is -2.41. The number of methoxy groups -OCH3 is 1. The van der Waals surface area contributed by atoms with Crippen molar-refractivity contribution in [2.45, 2.75) is 26.7 Å². The molecule has 1 aromatic rings. The summed E-state index contributed by atoms with van der Waals surface area (Å²) in [6.07, 6.45) is 4.13. The molecule has 0 saturated carbocycles. The van der Waals surface area contributed by atoms with Gasteiger partial charge in [-0.05, 0) is 32.3 Å². The van der Waals surface area contributed by atoms with Crippen LogP contribution in [0.25, 0.3) is 0 Å². The number of thiophene rings is 1. The number of ether oxygens (including phenoxy) is 1. The van der Waals surface area contributed by atoms with Crippen LogP contribution in [0.3, 0.4) is 0 Å². The van der Waals surface area contributed by atoms with Crippen molar-refractivity contribution in [3.8, 4) is 0 Å². The zero-order valence-corrected chi connectivity index (χ0v) is 14.0. The molecular formula is C16H18NO5S-. The molecule has 7 heteroatoms. The predicted octanol–water partition coefficient (Wildman–Crippen LogP) is 1.42. The van der Waals surface area contributed by atoms with Gasteiger partial charge in [0.1, 0.15) is 5.00 Å². The molecule has 1 aliphatic rings. The number of nitrogens with one attached hydrogen (secondary N) is 1. The first-order chi connectivity index (χ1) is 10.9. The van der Waals surface area contributed by atoms with Crippen LogP contribution in [0, 0.1) is 25.7 Å². The van der Waals surface area contributed by atoms with Crippen LogP contribution in [0.1, 0.15) is 33.6 Å². The van der Waals surface area contributed by atoms with E-state index >= 15 is 0 Å². The van der Waals surface area contributed by atoms with Gasteiger partial charge in [-0.15, -0.1) is 11.3 Å². The quantitative estimate of drug-likeness (QED) is 0.663. The van der Waals surface area contributed by atoms with E-state index < -0.39 is 29.7 Å². The minimum atomic E-state index is -1.23. The molecule has 1 aliphatic carbocycles. The van der Waals surface area contributed by atoms with Gasteiger partial charge in [-0.3, -0.25) is 4.79 Å². The number of carbonyl (C=O) groups excluding carboxylic acids is 3. The molecule has 1 aromatic heterocycles. The first-order valence-corrected chi connectivity index (χ1v) is 8.03. The van der Waals surface area contributed by atoms with E-state index in [1.54, 1.807) is 19.1 Å². The van der Waals surface area contributed by atoms with Gasteiger partial charge in [-0.1, -0.05) is 12.2 Å². The smallest absolute Gasteiger partial charge is 0.341 e. The second kappa shape index (κ2) is 6.95. The third-order valence-electron chi connectivity index (χ3n) is 4.08. The van der Waals surface area contributed by atoms with Crippen LogP contribution in [0.15, 0.2) is 12.2 Å². The number of hydrogen-bond acceptors (Lipinski definition) is 6. The Morgan fingerprint density at radius 3 is 2.39 bits per heavy atom. The number of allylic oxidation sites excluding steroid dienone is 2. The minimum absolute atomic E-state index is 0.271. The lowest BCUT2D eigenvalue weighted by molar-refractivity contribution is -0.313. The highest BCUT2D eigenvalue weighted by Crippen LogP contribution is 2.34. The number of esters is 1. The Bertz CT molecular complexity index is 676. The Hall–Kier alpha value is -2.15. The molecular weight excluding hydrogens is 318 g/mol. The molecule has 0 aliphatic heterocycles. The van der Waals surface area contributed by atoms with Gasteiger partial charge >= 0.3 is 5.97 Å². The zero-order chi connectivity index (χ0) is 17.1. The summed E-state index contributed by atoms with van der Waals surface area (Å²) in [5.74, 6) is -3.75. The molecule has 124 valence electrons. The molecule has 23 heavy (non-hydrogen) atoms. The molecule has 0 unspecified atom stereocenters. The average molecular weight is 336 g/mol. The fraction of sp³-hybridized carbons (Fsp3) is 0.438. The lowest BCUT2D eigenvalue weighted by atomic mass is 9.82. The van der Waals surface area contributed by atoms with Crippen molar-refractivity contribution >= 4 is 34.2 Å². The number of carbonyl (C=O) groups is 3. The van der Waals surface area contributed by atoms with Crippen LogP contribution < -0.4 is 10.4 Å². The molecule has 0 aromatic carbocycles. The monoisotopic (exact) mass is 336 g/mol. The predicted molar refractivity (Wildman–Crippen MR) is 84.1 cm³/mol. The van der Waals surface area contributed by atoms with Crippen LogP contribution in [0.5, 0.6) is 0 Å². The third kappa shape index (κ3) is 3.44. The Morgan fingerprint density at radius 2 is 1.83 bits per heavy atom. The van der Waals surface area contributed by atoms with Crippen molar-refractivity contribution in [3.63, 3.8) is 0 Å². The second-order valence-electron chi connectivity index (χ2n) is 5.44. The highest BCUT2D eigenvalue weighted by molar-refractivity contribution is 7.16. The van der Waals surface area contributed by atoms with Gasteiger partial charge in [0.05, 0.1) is 18.6 Å². The van der Waals surface area contributed by atoms with Crippen molar-refractivity contribution in [3.05, 3.63) is 28.2 Å². The van der Waals surface area contributed by atoms with E-state index in [0.29, 0.717) is 17.0 Å². The standard InChI is InChI=1S/C16H19NO5S/c1-8-9(2)23-14(12(8)16(21)22-3)17-13(18)10-6-4-5-7-11(10)15(19)20/h4-5,10-11H,6-7H2,1-3H3,(H,17,18)(H,19,20)/p-1/t10-,11-/m0/s1. The molecule has 0 saturated heterocycles. The van der Waals surface area contributed by atoms with Crippen LogP contribution in [0.2, 0.25) is 0 Å². The molecule has 1 heterocycles. The van der Waals surface area contributed by atoms with E-state index in [1.807, 2.05) is 6.92 Å². The van der Waals surface area contributed by atoms with Crippen molar-refractivity contribution in [2.75, 3.05) is 12.4 Å². The summed E-state index contributed by atoms with van der Waals surface area (Å²) < 4.78 is 4.76. The average Bonchev–Trinajstić information content (AvgIpc) is 2.80. The van der Waals surface area contributed by atoms with E-state index in [9.17, 15) is 19.5 Å².